The number of nitrogens with one attached hydrogen (secondary N) is 4. The molecule has 3 amide bonds. The molecule has 36 heavy (non-hydrogen) atoms. The highest BCUT2D eigenvalue weighted by molar-refractivity contribution is 6.12. The van der Waals surface area contributed by atoms with Crippen molar-refractivity contribution in [2.24, 2.45) is 0 Å². The number of urea groups is 1. The van der Waals surface area contributed by atoms with Crippen LogP contribution in [0, 0.1) is 13.8 Å². The molecule has 0 atom stereocenters. The molecule has 0 saturated carbocycles. The van der Waals surface area contributed by atoms with E-state index in [1.807, 2.05) is 7.05 Å². The third-order valence-electron chi connectivity index (χ3n) is 6.62. The maximum absolute atomic E-state index is 12.9. The third-order valence-corrected chi connectivity index (χ3v) is 6.62. The minimum atomic E-state index is -0.451. The van der Waals surface area contributed by atoms with E-state index in [9.17, 15) is 9.59 Å². The van der Waals surface area contributed by atoms with Crippen LogP contribution in [0.5, 0.6) is 0 Å². The molecule has 0 radical (unpaired) electrons. The van der Waals surface area contributed by atoms with Gasteiger partial charge in [0.05, 0.1) is 11.4 Å². The lowest BCUT2D eigenvalue weighted by molar-refractivity contribution is 0.102. The normalized spacial score (nSPS) is 15.7. The summed E-state index contributed by atoms with van der Waals surface area (Å²) in [7, 11) is 4.12. The van der Waals surface area contributed by atoms with Gasteiger partial charge in [-0.3, -0.25) is 4.79 Å². The Labute approximate surface area is 208 Å². The molecule has 2 aliphatic rings. The number of anilines is 6. The number of hydrogen-bond donors (Lipinski definition) is 4. The number of amides is 3. The SMILES string of the molecule is Cc1noc(C)c1NC(=O)Nc1ccc2c(c1)NC(=O)c1cnc(N(C)C3CCN(C)CC3)nc1N2. The van der Waals surface area contributed by atoms with Crippen molar-refractivity contribution in [2.75, 3.05) is 53.4 Å². The van der Waals surface area contributed by atoms with Gasteiger partial charge in [-0.15, -0.1) is 0 Å². The highest BCUT2D eigenvalue weighted by Gasteiger charge is 2.26. The van der Waals surface area contributed by atoms with Gasteiger partial charge in [0.25, 0.3) is 5.91 Å². The zero-order valence-corrected chi connectivity index (χ0v) is 20.7. The number of piperidine rings is 1. The van der Waals surface area contributed by atoms with Crippen LogP contribution >= 0.6 is 0 Å². The highest BCUT2D eigenvalue weighted by Crippen LogP contribution is 2.34. The summed E-state index contributed by atoms with van der Waals surface area (Å²) < 4.78 is 5.07. The Morgan fingerprint density at radius 1 is 1.17 bits per heavy atom. The van der Waals surface area contributed by atoms with Crippen molar-refractivity contribution in [2.45, 2.75) is 32.7 Å². The topological polar surface area (TPSA) is 141 Å². The minimum Gasteiger partial charge on any atom is -0.359 e. The molecule has 188 valence electrons. The Morgan fingerprint density at radius 2 is 1.94 bits per heavy atom. The van der Waals surface area contributed by atoms with Gasteiger partial charge in [-0.05, 0) is 65.0 Å². The summed E-state index contributed by atoms with van der Waals surface area (Å²) >= 11 is 0. The second-order valence-electron chi connectivity index (χ2n) is 9.20. The van der Waals surface area contributed by atoms with Gasteiger partial charge in [0, 0.05) is 25.0 Å². The molecule has 0 unspecified atom stereocenters. The molecule has 12 nitrogen and oxygen atoms in total. The molecule has 0 bridgehead atoms. The summed E-state index contributed by atoms with van der Waals surface area (Å²) in [4.78, 5) is 39.0. The van der Waals surface area contributed by atoms with Crippen LogP contribution in [0.1, 0.15) is 34.7 Å². The Hall–Kier alpha value is -4.19. The van der Waals surface area contributed by atoms with Crippen LogP contribution in [0.15, 0.2) is 28.9 Å². The van der Waals surface area contributed by atoms with Crippen molar-refractivity contribution in [1.29, 1.82) is 0 Å². The van der Waals surface area contributed by atoms with Gasteiger partial charge in [-0.25, -0.2) is 9.78 Å². The largest absolute Gasteiger partial charge is 0.359 e. The summed E-state index contributed by atoms with van der Waals surface area (Å²) in [5.74, 6) is 1.19. The number of fused-ring (bicyclic) bond motifs is 2. The molecular weight excluding hydrogens is 462 g/mol. The van der Waals surface area contributed by atoms with Crippen LogP contribution in [0.4, 0.5) is 39.3 Å². The Bertz CT molecular complexity index is 1290. The van der Waals surface area contributed by atoms with Gasteiger partial charge >= 0.3 is 6.03 Å². The number of hydrogen-bond acceptors (Lipinski definition) is 9. The quantitative estimate of drug-likeness (QED) is 0.431. The standard InChI is InChI=1S/C24H29N9O3/c1-13-20(14(2)36-31-13)29-24(35)26-15-5-6-18-19(11-15)28-22(34)17-12-25-23(30-21(17)27-18)33(4)16-7-9-32(3)10-8-16/h5-6,11-12,16H,7-10H2,1-4H3,(H,28,34)(H,25,27,30)(H2,26,29,35). The van der Waals surface area contributed by atoms with Crippen molar-refractivity contribution < 1.29 is 14.1 Å². The van der Waals surface area contributed by atoms with E-state index < -0.39 is 6.03 Å². The lowest BCUT2D eigenvalue weighted by Crippen LogP contribution is -2.42. The molecule has 1 saturated heterocycles. The van der Waals surface area contributed by atoms with Crippen molar-refractivity contribution in [1.82, 2.24) is 20.0 Å². The fourth-order valence-corrected chi connectivity index (χ4v) is 4.44. The molecule has 4 heterocycles. The lowest BCUT2D eigenvalue weighted by Gasteiger charge is -2.35. The van der Waals surface area contributed by atoms with Gasteiger partial charge in [0.1, 0.15) is 22.8 Å². The van der Waals surface area contributed by atoms with E-state index in [0.29, 0.717) is 57.6 Å². The molecule has 0 aliphatic carbocycles. The van der Waals surface area contributed by atoms with E-state index in [2.05, 4.69) is 53.2 Å². The fraction of sp³-hybridized carbons (Fsp3) is 0.375. The first-order chi connectivity index (χ1) is 17.3. The van der Waals surface area contributed by atoms with Crippen molar-refractivity contribution >= 4 is 46.5 Å². The molecule has 2 aliphatic heterocycles. The van der Waals surface area contributed by atoms with E-state index >= 15 is 0 Å². The maximum atomic E-state index is 12.9. The first kappa shape index (κ1) is 23.5. The predicted octanol–water partition coefficient (Wildman–Crippen LogP) is 3.57. The van der Waals surface area contributed by atoms with Gasteiger partial charge in [-0.1, -0.05) is 5.16 Å². The number of carbonyl (C=O) groups excluding carboxylic acids is 2. The lowest BCUT2D eigenvalue weighted by atomic mass is 10.0. The van der Waals surface area contributed by atoms with Crippen LogP contribution in [0.25, 0.3) is 0 Å². The molecule has 4 N–H and O–H groups in total. The maximum Gasteiger partial charge on any atom is 0.323 e. The van der Waals surface area contributed by atoms with Crippen molar-refractivity contribution in [3.8, 4) is 0 Å². The predicted molar refractivity (Wildman–Crippen MR) is 137 cm³/mol. The van der Waals surface area contributed by atoms with E-state index in [4.69, 9.17) is 4.52 Å². The molecule has 0 spiro atoms. The number of carbonyl (C=O) groups is 2. The number of likely N-dealkylation sites (tertiary alicyclic amines) is 1. The van der Waals surface area contributed by atoms with Gasteiger partial charge in [-0.2, -0.15) is 4.98 Å². The van der Waals surface area contributed by atoms with Gasteiger partial charge < -0.3 is 35.6 Å². The number of aryl methyl sites for hydroxylation is 2. The van der Waals surface area contributed by atoms with Crippen LogP contribution in [-0.4, -0.2) is 65.2 Å². The minimum absolute atomic E-state index is 0.331. The van der Waals surface area contributed by atoms with Gasteiger partial charge in [0.15, 0.2) is 5.76 Å². The number of rotatable bonds is 4. The molecule has 12 heteroatoms. The smallest absolute Gasteiger partial charge is 0.323 e. The second kappa shape index (κ2) is 9.46. The third kappa shape index (κ3) is 4.67. The fourth-order valence-electron chi connectivity index (χ4n) is 4.44. The Morgan fingerprint density at radius 3 is 2.67 bits per heavy atom. The van der Waals surface area contributed by atoms with Crippen molar-refractivity contribution in [3.63, 3.8) is 0 Å². The first-order valence-corrected chi connectivity index (χ1v) is 11.8. The molecule has 1 aromatic carbocycles. The number of benzene rings is 1. The van der Waals surface area contributed by atoms with E-state index in [1.165, 1.54) is 0 Å². The summed E-state index contributed by atoms with van der Waals surface area (Å²) in [6.07, 6.45) is 3.61. The van der Waals surface area contributed by atoms with Crippen LogP contribution in [0.3, 0.4) is 0 Å². The van der Waals surface area contributed by atoms with E-state index in [0.717, 1.165) is 25.9 Å². The number of aromatic nitrogens is 3. The average Bonchev–Trinajstić information content (AvgIpc) is 3.09. The first-order valence-electron chi connectivity index (χ1n) is 11.8. The Kier molecular flexibility index (Phi) is 6.18. The summed E-state index contributed by atoms with van der Waals surface area (Å²) in [6, 6.07) is 5.09. The second-order valence-corrected chi connectivity index (χ2v) is 9.20. The zero-order valence-electron chi connectivity index (χ0n) is 20.7. The number of nitrogens with zero attached hydrogens (tertiary/aromatic N) is 5. The molecular formula is C24H29N9O3. The van der Waals surface area contributed by atoms with E-state index in [1.54, 1.807) is 38.2 Å². The van der Waals surface area contributed by atoms with Crippen LogP contribution < -0.4 is 26.2 Å². The van der Waals surface area contributed by atoms with Crippen molar-refractivity contribution in [3.05, 3.63) is 41.4 Å². The highest BCUT2D eigenvalue weighted by atomic mass is 16.5. The molecule has 2 aromatic heterocycles. The average molecular weight is 492 g/mol. The summed E-state index contributed by atoms with van der Waals surface area (Å²) in [5, 5.41) is 15.5. The zero-order chi connectivity index (χ0) is 25.4. The van der Waals surface area contributed by atoms with Gasteiger partial charge in [0.2, 0.25) is 5.95 Å². The monoisotopic (exact) mass is 491 g/mol. The summed E-state index contributed by atoms with van der Waals surface area (Å²) in [5.41, 5.74) is 3.12. The molecule has 5 rings (SSSR count). The van der Waals surface area contributed by atoms with Crippen LogP contribution in [-0.2, 0) is 0 Å². The van der Waals surface area contributed by atoms with E-state index in [-0.39, 0.29) is 5.91 Å². The molecule has 1 fully saturated rings. The summed E-state index contributed by atoms with van der Waals surface area (Å²) in [6.45, 7) is 5.52. The van der Waals surface area contributed by atoms with Crippen LogP contribution in [0.2, 0.25) is 0 Å². The molecule has 3 aromatic rings. The Balaban J connectivity index is 1.33.